The minimum absolute atomic E-state index is 0.559. The maximum absolute atomic E-state index is 5.52. The highest BCUT2D eigenvalue weighted by Crippen LogP contribution is 2.25. The number of ether oxygens (including phenoxy) is 1. The van der Waals surface area contributed by atoms with Crippen molar-refractivity contribution in [2.24, 2.45) is 0 Å². The molecule has 0 saturated carbocycles. The molecule has 0 N–H and O–H groups in total. The van der Waals surface area contributed by atoms with Gasteiger partial charge in [-0.15, -0.1) is 15.3 Å². The van der Waals surface area contributed by atoms with Gasteiger partial charge in [0.1, 0.15) is 0 Å². The fourth-order valence-electron chi connectivity index (χ4n) is 1.79. The standard InChI is InChI=1S/C11H11N5O/c1-3-17-11-9-6-12-5-4-8(9)10-14-13-7(2)16(10)15-11/h4-6H,3H2,1-2H3. The molecule has 0 spiro atoms. The highest BCUT2D eigenvalue weighted by molar-refractivity contribution is 5.95. The van der Waals surface area contributed by atoms with Crippen LogP contribution < -0.4 is 4.74 Å². The van der Waals surface area contributed by atoms with Crippen LogP contribution in [-0.4, -0.2) is 31.4 Å². The summed E-state index contributed by atoms with van der Waals surface area (Å²) in [5.74, 6) is 1.30. The molecule has 6 nitrogen and oxygen atoms in total. The second-order valence-corrected chi connectivity index (χ2v) is 3.64. The van der Waals surface area contributed by atoms with Gasteiger partial charge in [-0.25, -0.2) is 0 Å². The SMILES string of the molecule is CCOc1nn2c(C)nnc2c2ccncc12. The van der Waals surface area contributed by atoms with E-state index in [2.05, 4.69) is 20.3 Å². The molecule has 0 atom stereocenters. The Morgan fingerprint density at radius 2 is 2.18 bits per heavy atom. The van der Waals surface area contributed by atoms with Crippen LogP contribution in [0.4, 0.5) is 0 Å². The van der Waals surface area contributed by atoms with Gasteiger partial charge in [0.15, 0.2) is 11.5 Å². The van der Waals surface area contributed by atoms with E-state index < -0.39 is 0 Å². The summed E-state index contributed by atoms with van der Waals surface area (Å²) in [6.07, 6.45) is 3.46. The number of aromatic nitrogens is 5. The molecule has 0 aliphatic carbocycles. The van der Waals surface area contributed by atoms with Crippen molar-refractivity contribution in [3.8, 4) is 5.88 Å². The smallest absolute Gasteiger partial charge is 0.241 e. The molecule has 3 rings (SSSR count). The van der Waals surface area contributed by atoms with Crippen LogP contribution in [0.5, 0.6) is 5.88 Å². The van der Waals surface area contributed by atoms with Crippen LogP contribution in [0.15, 0.2) is 18.5 Å². The van der Waals surface area contributed by atoms with Crippen LogP contribution in [0.25, 0.3) is 16.4 Å². The van der Waals surface area contributed by atoms with Gasteiger partial charge in [0, 0.05) is 17.8 Å². The van der Waals surface area contributed by atoms with Crippen LogP contribution >= 0.6 is 0 Å². The second kappa shape index (κ2) is 3.65. The average molecular weight is 229 g/mol. The Balaban J connectivity index is 2.47. The molecule has 0 aliphatic heterocycles. The Morgan fingerprint density at radius 1 is 1.29 bits per heavy atom. The monoisotopic (exact) mass is 229 g/mol. The van der Waals surface area contributed by atoms with Crippen molar-refractivity contribution in [1.29, 1.82) is 0 Å². The van der Waals surface area contributed by atoms with E-state index in [0.717, 1.165) is 22.2 Å². The molecule has 0 bridgehead atoms. The molecule has 3 aromatic rings. The largest absolute Gasteiger partial charge is 0.476 e. The quantitative estimate of drug-likeness (QED) is 0.664. The van der Waals surface area contributed by atoms with E-state index in [1.807, 2.05) is 19.9 Å². The zero-order valence-electron chi connectivity index (χ0n) is 9.58. The number of hydrogen-bond donors (Lipinski definition) is 0. The molecule has 3 heterocycles. The maximum Gasteiger partial charge on any atom is 0.241 e. The van der Waals surface area contributed by atoms with E-state index in [-0.39, 0.29) is 0 Å². The van der Waals surface area contributed by atoms with Gasteiger partial charge in [-0.2, -0.15) is 4.52 Å². The lowest BCUT2D eigenvalue weighted by Gasteiger charge is -2.06. The minimum atomic E-state index is 0.559. The topological polar surface area (TPSA) is 65.2 Å². The zero-order chi connectivity index (χ0) is 11.8. The third kappa shape index (κ3) is 1.41. The lowest BCUT2D eigenvalue weighted by atomic mass is 10.2. The summed E-state index contributed by atoms with van der Waals surface area (Å²) < 4.78 is 7.21. The summed E-state index contributed by atoms with van der Waals surface area (Å²) in [7, 11) is 0. The van der Waals surface area contributed by atoms with E-state index in [1.54, 1.807) is 16.9 Å². The molecule has 0 saturated heterocycles. The van der Waals surface area contributed by atoms with Gasteiger partial charge in [-0.05, 0) is 19.9 Å². The fourth-order valence-corrected chi connectivity index (χ4v) is 1.79. The van der Waals surface area contributed by atoms with Gasteiger partial charge >= 0.3 is 0 Å². The predicted octanol–water partition coefficient (Wildman–Crippen LogP) is 1.38. The molecular weight excluding hydrogens is 218 g/mol. The first-order valence-corrected chi connectivity index (χ1v) is 5.40. The normalized spacial score (nSPS) is 11.2. The number of rotatable bonds is 2. The van der Waals surface area contributed by atoms with Crippen LogP contribution in [0.3, 0.4) is 0 Å². The third-order valence-corrected chi connectivity index (χ3v) is 2.56. The number of aryl methyl sites for hydroxylation is 1. The van der Waals surface area contributed by atoms with Crippen LogP contribution in [0, 0.1) is 6.92 Å². The molecule has 0 aromatic carbocycles. The summed E-state index contributed by atoms with van der Waals surface area (Å²) in [5.41, 5.74) is 0.725. The summed E-state index contributed by atoms with van der Waals surface area (Å²) >= 11 is 0. The number of fused-ring (bicyclic) bond motifs is 3. The van der Waals surface area contributed by atoms with E-state index in [1.165, 1.54) is 0 Å². The van der Waals surface area contributed by atoms with Crippen LogP contribution in [0.2, 0.25) is 0 Å². The summed E-state index contributed by atoms with van der Waals surface area (Å²) in [4.78, 5) is 4.09. The first kappa shape index (κ1) is 9.95. The number of hydrogen-bond acceptors (Lipinski definition) is 5. The maximum atomic E-state index is 5.52. The minimum Gasteiger partial charge on any atom is -0.476 e. The van der Waals surface area contributed by atoms with Crippen molar-refractivity contribution < 1.29 is 4.74 Å². The second-order valence-electron chi connectivity index (χ2n) is 3.64. The lowest BCUT2D eigenvalue weighted by Crippen LogP contribution is -2.02. The fraction of sp³-hybridized carbons (Fsp3) is 0.273. The molecule has 0 aliphatic rings. The first-order chi connectivity index (χ1) is 8.31. The van der Waals surface area contributed by atoms with Gasteiger partial charge in [-0.3, -0.25) is 4.98 Å². The molecule has 6 heteroatoms. The Morgan fingerprint density at radius 3 is 3.00 bits per heavy atom. The van der Waals surface area contributed by atoms with Crippen LogP contribution in [0.1, 0.15) is 12.7 Å². The molecule has 0 radical (unpaired) electrons. The molecule has 0 unspecified atom stereocenters. The van der Waals surface area contributed by atoms with Crippen molar-refractivity contribution >= 4 is 16.4 Å². The average Bonchev–Trinajstić information content (AvgIpc) is 2.72. The van der Waals surface area contributed by atoms with Gasteiger partial charge in [0.05, 0.1) is 12.0 Å². The van der Waals surface area contributed by atoms with Crippen molar-refractivity contribution in [3.63, 3.8) is 0 Å². The summed E-state index contributed by atoms with van der Waals surface area (Å²) in [5, 5.41) is 14.3. The van der Waals surface area contributed by atoms with E-state index >= 15 is 0 Å². The third-order valence-electron chi connectivity index (χ3n) is 2.56. The molecular formula is C11H11N5O. The van der Waals surface area contributed by atoms with Gasteiger partial charge in [-0.1, -0.05) is 0 Å². The van der Waals surface area contributed by atoms with E-state index in [9.17, 15) is 0 Å². The number of pyridine rings is 1. The Hall–Kier alpha value is -2.24. The lowest BCUT2D eigenvalue weighted by molar-refractivity contribution is 0.325. The molecule has 3 aromatic heterocycles. The van der Waals surface area contributed by atoms with Crippen molar-refractivity contribution in [3.05, 3.63) is 24.3 Å². The number of nitrogens with zero attached hydrogens (tertiary/aromatic N) is 5. The van der Waals surface area contributed by atoms with E-state index in [0.29, 0.717) is 12.5 Å². The van der Waals surface area contributed by atoms with Crippen molar-refractivity contribution in [1.82, 2.24) is 24.8 Å². The van der Waals surface area contributed by atoms with Crippen LogP contribution in [-0.2, 0) is 0 Å². The molecule has 0 amide bonds. The van der Waals surface area contributed by atoms with Crippen molar-refractivity contribution in [2.75, 3.05) is 6.61 Å². The molecule has 0 fully saturated rings. The zero-order valence-corrected chi connectivity index (χ0v) is 9.58. The highest BCUT2D eigenvalue weighted by atomic mass is 16.5. The first-order valence-electron chi connectivity index (χ1n) is 5.40. The van der Waals surface area contributed by atoms with E-state index in [4.69, 9.17) is 4.74 Å². The predicted molar refractivity (Wildman–Crippen MR) is 62.0 cm³/mol. The van der Waals surface area contributed by atoms with Gasteiger partial charge in [0.25, 0.3) is 0 Å². The summed E-state index contributed by atoms with van der Waals surface area (Å²) in [6.45, 7) is 4.34. The molecule has 86 valence electrons. The Kier molecular flexibility index (Phi) is 2.14. The van der Waals surface area contributed by atoms with Gasteiger partial charge < -0.3 is 4.74 Å². The van der Waals surface area contributed by atoms with Crippen molar-refractivity contribution in [2.45, 2.75) is 13.8 Å². The Labute approximate surface area is 97.3 Å². The molecule has 17 heavy (non-hydrogen) atoms. The Bertz CT molecular complexity index is 691. The highest BCUT2D eigenvalue weighted by Gasteiger charge is 2.12. The summed E-state index contributed by atoms with van der Waals surface area (Å²) in [6, 6.07) is 1.89. The van der Waals surface area contributed by atoms with Gasteiger partial charge in [0.2, 0.25) is 5.88 Å².